The number of carbonyl (C=O) groups excluding carboxylic acids is 2. The van der Waals surface area contributed by atoms with Crippen LogP contribution in [0.3, 0.4) is 0 Å². The maximum absolute atomic E-state index is 13.7. The molecule has 0 bridgehead atoms. The van der Waals surface area contributed by atoms with Gasteiger partial charge < -0.3 is 19.7 Å². The number of ether oxygens (including phenoxy) is 2. The molecular weight excluding hydrogens is 517 g/mol. The Morgan fingerprint density at radius 1 is 1.23 bits per heavy atom. The van der Waals surface area contributed by atoms with Crippen molar-refractivity contribution in [2.75, 3.05) is 20.2 Å². The second-order valence-corrected chi connectivity index (χ2v) is 11.6. The fourth-order valence-electron chi connectivity index (χ4n) is 5.21. The number of nitrogens with one attached hydrogen (secondary N) is 1. The molecule has 1 saturated heterocycles. The minimum Gasteiger partial charge on any atom is -0.494 e. The molecule has 2 aromatic heterocycles. The Bertz CT molecular complexity index is 1440. The Hall–Kier alpha value is -4.09. The zero-order valence-corrected chi connectivity index (χ0v) is 23.4. The summed E-state index contributed by atoms with van der Waals surface area (Å²) < 4.78 is 24.3. The molecule has 1 aromatic carbocycles. The van der Waals surface area contributed by atoms with Crippen molar-refractivity contribution in [3.05, 3.63) is 53.1 Å². The van der Waals surface area contributed by atoms with E-state index in [1.807, 2.05) is 20.8 Å². The first kappa shape index (κ1) is 27.5. The van der Waals surface area contributed by atoms with E-state index in [0.717, 1.165) is 19.3 Å². The fraction of sp³-hybridized carbons (Fsp3) is 0.500. The summed E-state index contributed by atoms with van der Waals surface area (Å²) in [6.45, 7) is 8.84. The Kier molecular flexibility index (Phi) is 7.19. The summed E-state index contributed by atoms with van der Waals surface area (Å²) in [7, 11) is 1.39. The number of hydrogen-bond donors (Lipinski definition) is 1. The van der Waals surface area contributed by atoms with Crippen LogP contribution in [0.2, 0.25) is 0 Å². The first-order chi connectivity index (χ1) is 19.0. The highest BCUT2D eigenvalue weighted by molar-refractivity contribution is 5.93. The van der Waals surface area contributed by atoms with E-state index in [0.29, 0.717) is 35.7 Å². The first-order valence-electron chi connectivity index (χ1n) is 13.3. The standard InChI is InChI=1S/C28H34FN7O4/c1-17-11-19(13-21(31-17)25(37)30-15-18-7-8-20(29)22(12-18)39-5)24-32-34-36(33-24)23-14-28(23)9-6-10-35(16-28)26(38)40-27(2,3)4/h7-8,11-13,23H,6,9-10,14-16H2,1-5H3,(H,30,37). The van der Waals surface area contributed by atoms with Gasteiger partial charge in [-0.1, -0.05) is 6.07 Å². The number of amides is 2. The van der Waals surface area contributed by atoms with E-state index in [1.165, 1.54) is 19.2 Å². The van der Waals surface area contributed by atoms with E-state index in [4.69, 9.17) is 9.47 Å². The molecule has 12 heteroatoms. The highest BCUT2D eigenvalue weighted by atomic mass is 19.1. The molecule has 2 fully saturated rings. The molecule has 3 heterocycles. The number of hydrogen-bond acceptors (Lipinski definition) is 8. The van der Waals surface area contributed by atoms with E-state index in [1.54, 1.807) is 34.8 Å². The van der Waals surface area contributed by atoms with E-state index in [2.05, 4.69) is 25.7 Å². The molecular formula is C28H34FN7O4. The summed E-state index contributed by atoms with van der Waals surface area (Å²) in [5, 5.41) is 16.0. The third-order valence-corrected chi connectivity index (χ3v) is 7.23. The lowest BCUT2D eigenvalue weighted by Crippen LogP contribution is -2.44. The number of piperidine rings is 1. The van der Waals surface area contributed by atoms with Crippen molar-refractivity contribution in [2.45, 2.75) is 65.1 Å². The lowest BCUT2D eigenvalue weighted by Gasteiger charge is -2.34. The van der Waals surface area contributed by atoms with Gasteiger partial charge in [-0.3, -0.25) is 4.79 Å². The van der Waals surface area contributed by atoms with Crippen LogP contribution >= 0.6 is 0 Å². The maximum atomic E-state index is 13.7. The first-order valence-corrected chi connectivity index (χ1v) is 13.3. The van der Waals surface area contributed by atoms with Crippen molar-refractivity contribution >= 4 is 12.0 Å². The molecule has 11 nitrogen and oxygen atoms in total. The average molecular weight is 552 g/mol. The number of halogens is 1. The van der Waals surface area contributed by atoms with Crippen LogP contribution < -0.4 is 10.1 Å². The summed E-state index contributed by atoms with van der Waals surface area (Å²) in [6.07, 6.45) is 2.44. The highest BCUT2D eigenvalue weighted by Gasteiger charge is 2.59. The molecule has 5 rings (SSSR count). The van der Waals surface area contributed by atoms with Crippen LogP contribution in [-0.4, -0.2) is 67.9 Å². The van der Waals surface area contributed by atoms with E-state index >= 15 is 0 Å². The van der Waals surface area contributed by atoms with Gasteiger partial charge in [-0.15, -0.1) is 10.2 Å². The van der Waals surface area contributed by atoms with Crippen molar-refractivity contribution in [3.63, 3.8) is 0 Å². The fourth-order valence-corrected chi connectivity index (χ4v) is 5.21. The van der Waals surface area contributed by atoms with E-state index in [-0.39, 0.29) is 41.4 Å². The molecule has 1 aliphatic heterocycles. The number of rotatable bonds is 6. The SMILES string of the molecule is COc1cc(CNC(=O)c2cc(-c3nnn(C4CC45CCCN(C(=O)OC(C)(C)C)C5)n3)cc(C)n2)ccc1F. The van der Waals surface area contributed by atoms with Gasteiger partial charge in [0.15, 0.2) is 11.6 Å². The van der Waals surface area contributed by atoms with Gasteiger partial charge in [-0.2, -0.15) is 4.80 Å². The third-order valence-electron chi connectivity index (χ3n) is 7.23. The van der Waals surface area contributed by atoms with Gasteiger partial charge in [0.05, 0.1) is 13.2 Å². The van der Waals surface area contributed by atoms with Gasteiger partial charge in [0, 0.05) is 36.3 Å². The number of benzene rings is 1. The van der Waals surface area contributed by atoms with E-state index < -0.39 is 11.4 Å². The number of methoxy groups -OCH3 is 1. The van der Waals surface area contributed by atoms with Gasteiger partial charge in [0.25, 0.3) is 5.91 Å². The Labute approximate surface area is 232 Å². The smallest absolute Gasteiger partial charge is 0.410 e. The minimum absolute atomic E-state index is 0.0393. The number of likely N-dealkylation sites (tertiary alicyclic amines) is 1. The van der Waals surface area contributed by atoms with Crippen LogP contribution in [-0.2, 0) is 11.3 Å². The van der Waals surface area contributed by atoms with Crippen molar-refractivity contribution in [3.8, 4) is 17.1 Å². The topological polar surface area (TPSA) is 124 Å². The lowest BCUT2D eigenvalue weighted by atomic mass is 9.94. The normalized spacial score (nSPS) is 20.4. The van der Waals surface area contributed by atoms with Crippen LogP contribution in [0.4, 0.5) is 9.18 Å². The predicted octanol–water partition coefficient (Wildman–Crippen LogP) is 4.08. The zero-order chi connectivity index (χ0) is 28.7. The maximum Gasteiger partial charge on any atom is 0.410 e. The van der Waals surface area contributed by atoms with Gasteiger partial charge in [-0.05, 0) is 82.0 Å². The van der Waals surface area contributed by atoms with Crippen LogP contribution in [0.1, 0.15) is 67.8 Å². The molecule has 1 N–H and O–H groups in total. The lowest BCUT2D eigenvalue weighted by molar-refractivity contribution is 0.0135. The third kappa shape index (κ3) is 5.90. The second kappa shape index (κ2) is 10.5. The van der Waals surface area contributed by atoms with Gasteiger partial charge in [0.2, 0.25) is 5.82 Å². The number of aryl methyl sites for hydroxylation is 1. The minimum atomic E-state index is -0.542. The van der Waals surface area contributed by atoms with Crippen molar-refractivity contribution in [1.82, 2.24) is 35.4 Å². The number of nitrogens with zero attached hydrogens (tertiary/aromatic N) is 6. The van der Waals surface area contributed by atoms with Crippen molar-refractivity contribution in [1.29, 1.82) is 0 Å². The Morgan fingerprint density at radius 2 is 2.02 bits per heavy atom. The zero-order valence-electron chi connectivity index (χ0n) is 23.4. The van der Waals surface area contributed by atoms with Crippen LogP contribution in [0.5, 0.6) is 5.75 Å². The molecule has 2 aliphatic rings. The summed E-state index contributed by atoms with van der Waals surface area (Å²) in [5.74, 6) is -0.347. The molecule has 212 valence electrons. The monoisotopic (exact) mass is 551 g/mol. The van der Waals surface area contributed by atoms with Crippen molar-refractivity contribution < 1.29 is 23.5 Å². The molecule has 2 amide bonds. The van der Waals surface area contributed by atoms with Gasteiger partial charge in [-0.25, -0.2) is 14.2 Å². The Morgan fingerprint density at radius 3 is 2.77 bits per heavy atom. The summed E-state index contributed by atoms with van der Waals surface area (Å²) >= 11 is 0. The average Bonchev–Trinajstić information content (AvgIpc) is 3.35. The van der Waals surface area contributed by atoms with E-state index in [9.17, 15) is 14.0 Å². The van der Waals surface area contributed by atoms with Crippen LogP contribution in [0, 0.1) is 18.2 Å². The van der Waals surface area contributed by atoms with Crippen LogP contribution in [0.25, 0.3) is 11.4 Å². The molecule has 1 spiro atoms. The van der Waals surface area contributed by atoms with Crippen molar-refractivity contribution in [2.24, 2.45) is 5.41 Å². The summed E-state index contributed by atoms with van der Waals surface area (Å²) in [5.41, 5.74) is 1.53. The molecule has 2 unspecified atom stereocenters. The highest BCUT2D eigenvalue weighted by Crippen LogP contribution is 2.60. The van der Waals surface area contributed by atoms with Gasteiger partial charge >= 0.3 is 6.09 Å². The summed E-state index contributed by atoms with van der Waals surface area (Å²) in [6, 6.07) is 7.89. The quantitative estimate of drug-likeness (QED) is 0.486. The Balaban J connectivity index is 1.26. The summed E-state index contributed by atoms with van der Waals surface area (Å²) in [4.78, 5) is 33.3. The molecule has 3 aromatic rings. The van der Waals surface area contributed by atoms with Gasteiger partial charge in [0.1, 0.15) is 11.3 Å². The molecule has 2 atom stereocenters. The molecule has 1 saturated carbocycles. The van der Waals surface area contributed by atoms with Crippen LogP contribution in [0.15, 0.2) is 30.3 Å². The largest absolute Gasteiger partial charge is 0.494 e. The number of pyridine rings is 1. The second-order valence-electron chi connectivity index (χ2n) is 11.6. The predicted molar refractivity (Wildman–Crippen MR) is 143 cm³/mol. The number of tetrazole rings is 1. The molecule has 1 aliphatic carbocycles. The molecule has 0 radical (unpaired) electrons. The molecule has 40 heavy (non-hydrogen) atoms. The number of aromatic nitrogens is 5. The number of carbonyl (C=O) groups is 2.